The van der Waals surface area contributed by atoms with E-state index < -0.39 is 0 Å². The topological polar surface area (TPSA) is 60.1 Å². The quantitative estimate of drug-likeness (QED) is 0.743. The molecular weight excluding hydrogens is 314 g/mol. The van der Waals surface area contributed by atoms with Gasteiger partial charge >= 0.3 is 0 Å². The van der Waals surface area contributed by atoms with Crippen molar-refractivity contribution >= 4 is 5.91 Å². The number of hydrogen-bond acceptors (Lipinski definition) is 3. The van der Waals surface area contributed by atoms with E-state index in [0.29, 0.717) is 11.5 Å². The van der Waals surface area contributed by atoms with Crippen molar-refractivity contribution in [2.75, 3.05) is 0 Å². The lowest BCUT2D eigenvalue weighted by Gasteiger charge is -2.12. The van der Waals surface area contributed by atoms with Gasteiger partial charge in [0.2, 0.25) is 0 Å². The van der Waals surface area contributed by atoms with Gasteiger partial charge in [0.25, 0.3) is 5.91 Å². The Morgan fingerprint density at radius 2 is 2.12 bits per heavy atom. The number of rotatable bonds is 6. The van der Waals surface area contributed by atoms with Crippen molar-refractivity contribution in [2.45, 2.75) is 38.3 Å². The second-order valence-corrected chi connectivity index (χ2v) is 6.62. The van der Waals surface area contributed by atoms with Crippen molar-refractivity contribution in [2.24, 2.45) is 0 Å². The van der Waals surface area contributed by atoms with E-state index in [-0.39, 0.29) is 11.9 Å². The molecule has 1 atom stereocenters. The number of nitrogens with one attached hydrogen (secondary N) is 1. The molecule has 0 spiro atoms. The first-order valence-electron chi connectivity index (χ1n) is 8.65. The fraction of sp³-hybridized carbons (Fsp3) is 0.300. The van der Waals surface area contributed by atoms with Crippen LogP contribution in [0.4, 0.5) is 0 Å². The maximum Gasteiger partial charge on any atom is 0.255 e. The van der Waals surface area contributed by atoms with Crippen LogP contribution in [0, 0.1) is 0 Å². The number of nitrogens with zero attached hydrogens (tertiary/aromatic N) is 2. The molecule has 1 aromatic carbocycles. The van der Waals surface area contributed by atoms with Gasteiger partial charge in [0.15, 0.2) is 0 Å². The Labute approximate surface area is 146 Å². The summed E-state index contributed by atoms with van der Waals surface area (Å²) in [4.78, 5) is 12.5. The molecule has 0 bridgehead atoms. The van der Waals surface area contributed by atoms with Gasteiger partial charge in [-0.25, -0.2) is 0 Å². The zero-order chi connectivity index (χ0) is 17.2. The summed E-state index contributed by atoms with van der Waals surface area (Å²) < 4.78 is 7.38. The lowest BCUT2D eigenvalue weighted by atomic mass is 10.1. The van der Waals surface area contributed by atoms with Crippen LogP contribution in [0.15, 0.2) is 59.5 Å². The number of hydrogen-bond donors (Lipinski definition) is 1. The monoisotopic (exact) mass is 335 g/mol. The van der Waals surface area contributed by atoms with Gasteiger partial charge in [0.05, 0.1) is 30.6 Å². The van der Waals surface area contributed by atoms with Crippen molar-refractivity contribution in [3.05, 3.63) is 77.5 Å². The molecule has 2 aromatic heterocycles. The summed E-state index contributed by atoms with van der Waals surface area (Å²) in [5.74, 6) is 1.16. The molecule has 4 rings (SSSR count). The van der Waals surface area contributed by atoms with Gasteiger partial charge in [-0.1, -0.05) is 30.3 Å². The summed E-state index contributed by atoms with van der Waals surface area (Å²) >= 11 is 0. The first-order valence-corrected chi connectivity index (χ1v) is 8.65. The van der Waals surface area contributed by atoms with Gasteiger partial charge in [-0.2, -0.15) is 5.10 Å². The predicted octanol–water partition coefficient (Wildman–Crippen LogP) is 3.89. The zero-order valence-corrected chi connectivity index (χ0v) is 14.2. The van der Waals surface area contributed by atoms with Gasteiger partial charge in [-0.15, -0.1) is 0 Å². The minimum absolute atomic E-state index is 0.0843. The average Bonchev–Trinajstić information content (AvgIpc) is 3.16. The lowest BCUT2D eigenvalue weighted by molar-refractivity contribution is 0.0938. The van der Waals surface area contributed by atoms with Crippen molar-refractivity contribution in [1.29, 1.82) is 0 Å². The van der Waals surface area contributed by atoms with Crippen LogP contribution < -0.4 is 5.32 Å². The molecule has 1 saturated carbocycles. The molecule has 0 saturated heterocycles. The highest BCUT2D eigenvalue weighted by Gasteiger charge is 2.31. The summed E-state index contributed by atoms with van der Waals surface area (Å²) in [5.41, 5.74) is 2.84. The van der Waals surface area contributed by atoms with Crippen molar-refractivity contribution in [1.82, 2.24) is 15.1 Å². The molecule has 25 heavy (non-hydrogen) atoms. The van der Waals surface area contributed by atoms with Crippen molar-refractivity contribution in [3.8, 4) is 0 Å². The fourth-order valence-electron chi connectivity index (χ4n) is 2.99. The average molecular weight is 335 g/mol. The van der Waals surface area contributed by atoms with Crippen LogP contribution in [-0.4, -0.2) is 15.7 Å². The van der Waals surface area contributed by atoms with E-state index in [0.717, 1.165) is 30.7 Å². The van der Waals surface area contributed by atoms with Crippen LogP contribution in [0.25, 0.3) is 0 Å². The minimum atomic E-state index is -0.112. The molecular formula is C20H21N3O2. The van der Waals surface area contributed by atoms with Gasteiger partial charge in [-0.3, -0.25) is 9.48 Å². The summed E-state index contributed by atoms with van der Waals surface area (Å²) in [5, 5.41) is 7.45. The fourth-order valence-corrected chi connectivity index (χ4v) is 2.99. The molecule has 1 aliphatic rings. The standard InChI is InChI=1S/C20H21N3O2/c1-14(22-20(24)18-9-10-25-19(18)16-7-8-16)17-11-21-23(13-17)12-15-5-3-2-4-6-15/h2-6,9-11,13-14,16H,7-8,12H2,1H3,(H,22,24)/t14-/m1/s1. The van der Waals surface area contributed by atoms with Crippen LogP contribution >= 0.6 is 0 Å². The van der Waals surface area contributed by atoms with Crippen LogP contribution in [0.2, 0.25) is 0 Å². The normalized spacial score (nSPS) is 15.1. The van der Waals surface area contributed by atoms with E-state index in [1.165, 1.54) is 5.56 Å². The van der Waals surface area contributed by atoms with E-state index in [2.05, 4.69) is 22.5 Å². The Kier molecular flexibility index (Phi) is 4.14. The first kappa shape index (κ1) is 15.7. The van der Waals surface area contributed by atoms with Crippen LogP contribution in [-0.2, 0) is 6.54 Å². The second kappa shape index (κ2) is 6.59. The molecule has 5 heteroatoms. The van der Waals surface area contributed by atoms with Crippen LogP contribution in [0.3, 0.4) is 0 Å². The SMILES string of the molecule is C[C@@H](NC(=O)c1ccoc1C1CC1)c1cnn(Cc2ccccc2)c1. The zero-order valence-electron chi connectivity index (χ0n) is 14.2. The Morgan fingerprint density at radius 1 is 1.32 bits per heavy atom. The summed E-state index contributed by atoms with van der Waals surface area (Å²) in [6, 6.07) is 11.8. The molecule has 1 N–H and O–H groups in total. The van der Waals surface area contributed by atoms with E-state index in [1.54, 1.807) is 12.3 Å². The van der Waals surface area contributed by atoms with Crippen molar-refractivity contribution < 1.29 is 9.21 Å². The second-order valence-electron chi connectivity index (χ2n) is 6.62. The maximum atomic E-state index is 12.5. The molecule has 0 radical (unpaired) electrons. The van der Waals surface area contributed by atoms with Gasteiger partial charge in [0, 0.05) is 17.7 Å². The smallest absolute Gasteiger partial charge is 0.255 e. The van der Waals surface area contributed by atoms with Gasteiger partial charge in [-0.05, 0) is 31.4 Å². The van der Waals surface area contributed by atoms with Crippen molar-refractivity contribution in [3.63, 3.8) is 0 Å². The molecule has 1 amide bonds. The Balaban J connectivity index is 1.42. The molecule has 1 aliphatic carbocycles. The largest absolute Gasteiger partial charge is 0.468 e. The highest BCUT2D eigenvalue weighted by molar-refractivity contribution is 5.95. The van der Waals surface area contributed by atoms with E-state index >= 15 is 0 Å². The van der Waals surface area contributed by atoms with Gasteiger partial charge in [0.1, 0.15) is 5.76 Å². The number of benzene rings is 1. The summed E-state index contributed by atoms with van der Waals surface area (Å²) in [6.07, 6.45) is 7.61. The number of amides is 1. The van der Waals surface area contributed by atoms with E-state index in [9.17, 15) is 4.79 Å². The number of carbonyl (C=O) groups excluding carboxylic acids is 1. The highest BCUT2D eigenvalue weighted by atomic mass is 16.3. The number of furan rings is 1. The Bertz CT molecular complexity index is 862. The Morgan fingerprint density at radius 3 is 2.88 bits per heavy atom. The molecule has 2 heterocycles. The molecule has 0 unspecified atom stereocenters. The molecule has 0 aliphatic heterocycles. The highest BCUT2D eigenvalue weighted by Crippen LogP contribution is 2.42. The third-order valence-corrected chi connectivity index (χ3v) is 4.58. The maximum absolute atomic E-state index is 12.5. The summed E-state index contributed by atoms with van der Waals surface area (Å²) in [6.45, 7) is 2.69. The molecule has 5 nitrogen and oxygen atoms in total. The molecule has 3 aromatic rings. The first-order chi connectivity index (χ1) is 12.2. The number of carbonyl (C=O) groups is 1. The van der Waals surface area contributed by atoms with Crippen LogP contribution in [0.1, 0.15) is 59.0 Å². The molecule has 128 valence electrons. The Hall–Kier alpha value is -2.82. The number of aromatic nitrogens is 2. The van der Waals surface area contributed by atoms with Crippen LogP contribution in [0.5, 0.6) is 0 Å². The lowest BCUT2D eigenvalue weighted by Crippen LogP contribution is -2.26. The summed E-state index contributed by atoms with van der Waals surface area (Å²) in [7, 11) is 0. The van der Waals surface area contributed by atoms with Gasteiger partial charge < -0.3 is 9.73 Å². The predicted molar refractivity (Wildman–Crippen MR) is 94.3 cm³/mol. The van der Waals surface area contributed by atoms with E-state index in [1.807, 2.05) is 42.2 Å². The third kappa shape index (κ3) is 3.50. The van der Waals surface area contributed by atoms with E-state index in [4.69, 9.17) is 4.42 Å². The minimum Gasteiger partial charge on any atom is -0.468 e. The third-order valence-electron chi connectivity index (χ3n) is 4.58. The molecule has 1 fully saturated rings.